The Morgan fingerprint density at radius 3 is 2.35 bits per heavy atom. The lowest BCUT2D eigenvalue weighted by molar-refractivity contribution is -0.131. The van der Waals surface area contributed by atoms with Crippen LogP contribution in [0.4, 0.5) is 0 Å². The number of nitrogens with one attached hydrogen (secondary N) is 2. The van der Waals surface area contributed by atoms with Crippen LogP contribution in [0.1, 0.15) is 36.5 Å². The molecular formula is C24H33IN4O2. The van der Waals surface area contributed by atoms with Crippen molar-refractivity contribution in [3.63, 3.8) is 0 Å². The van der Waals surface area contributed by atoms with Crippen LogP contribution in [0.2, 0.25) is 0 Å². The third-order valence-corrected chi connectivity index (χ3v) is 5.22. The number of halogens is 1. The highest BCUT2D eigenvalue weighted by molar-refractivity contribution is 14.0. The number of nitrogens with zero attached hydrogens (tertiary/aromatic N) is 2. The molecule has 2 aromatic rings. The molecule has 0 aromatic heterocycles. The summed E-state index contributed by atoms with van der Waals surface area (Å²) in [6.07, 6.45) is 2.19. The van der Waals surface area contributed by atoms with Gasteiger partial charge in [0.15, 0.2) is 5.96 Å². The van der Waals surface area contributed by atoms with Crippen LogP contribution >= 0.6 is 24.0 Å². The zero-order valence-electron chi connectivity index (χ0n) is 18.4. The zero-order chi connectivity index (χ0) is 21.2. The van der Waals surface area contributed by atoms with Gasteiger partial charge in [0.1, 0.15) is 5.75 Å². The molecule has 2 N–H and O–H groups in total. The largest absolute Gasteiger partial charge is 0.497 e. The monoisotopic (exact) mass is 536 g/mol. The van der Waals surface area contributed by atoms with Gasteiger partial charge < -0.3 is 20.3 Å². The molecule has 0 saturated heterocycles. The first-order chi connectivity index (χ1) is 14.7. The van der Waals surface area contributed by atoms with Gasteiger partial charge in [-0.15, -0.1) is 24.0 Å². The molecule has 6 nitrogen and oxygen atoms in total. The number of rotatable bonds is 9. The topological polar surface area (TPSA) is 66.0 Å². The van der Waals surface area contributed by atoms with Crippen LogP contribution < -0.4 is 15.4 Å². The highest BCUT2D eigenvalue weighted by Crippen LogP contribution is 2.22. The van der Waals surface area contributed by atoms with E-state index in [1.165, 1.54) is 16.7 Å². The smallest absolute Gasteiger partial charge is 0.223 e. The van der Waals surface area contributed by atoms with E-state index < -0.39 is 0 Å². The maximum absolute atomic E-state index is 12.5. The van der Waals surface area contributed by atoms with Crippen molar-refractivity contribution < 1.29 is 9.53 Å². The second-order valence-corrected chi connectivity index (χ2v) is 7.41. The number of benzene rings is 2. The van der Waals surface area contributed by atoms with Gasteiger partial charge in [-0.25, -0.2) is 0 Å². The summed E-state index contributed by atoms with van der Waals surface area (Å²) in [5, 5.41) is 6.63. The molecule has 0 spiro atoms. The molecule has 168 valence electrons. The van der Waals surface area contributed by atoms with Crippen LogP contribution in [0.3, 0.4) is 0 Å². The summed E-state index contributed by atoms with van der Waals surface area (Å²) in [6, 6.07) is 16.4. The summed E-state index contributed by atoms with van der Waals surface area (Å²) >= 11 is 0. The van der Waals surface area contributed by atoms with Gasteiger partial charge in [-0.3, -0.25) is 9.79 Å². The molecule has 1 heterocycles. The molecule has 1 aliphatic rings. The van der Waals surface area contributed by atoms with Crippen molar-refractivity contribution in [1.82, 2.24) is 15.5 Å². The van der Waals surface area contributed by atoms with Gasteiger partial charge in [-0.05, 0) is 48.6 Å². The Labute approximate surface area is 202 Å². The second-order valence-electron chi connectivity index (χ2n) is 7.41. The third-order valence-electron chi connectivity index (χ3n) is 5.22. The highest BCUT2D eigenvalue weighted by Gasteiger charge is 2.22. The average molecular weight is 536 g/mol. The van der Waals surface area contributed by atoms with Gasteiger partial charge in [0, 0.05) is 39.1 Å². The number of aliphatic imine (C=N–C) groups is 1. The van der Waals surface area contributed by atoms with Crippen molar-refractivity contribution in [1.29, 1.82) is 0 Å². The van der Waals surface area contributed by atoms with E-state index in [0.717, 1.165) is 50.7 Å². The van der Waals surface area contributed by atoms with Gasteiger partial charge >= 0.3 is 0 Å². The third kappa shape index (κ3) is 7.72. The summed E-state index contributed by atoms with van der Waals surface area (Å²) in [5.41, 5.74) is 3.77. The van der Waals surface area contributed by atoms with E-state index in [0.29, 0.717) is 13.0 Å². The first kappa shape index (κ1) is 25.0. The molecule has 1 aliphatic heterocycles. The predicted molar refractivity (Wildman–Crippen MR) is 136 cm³/mol. The molecule has 0 saturated carbocycles. The number of amides is 1. The predicted octanol–water partition coefficient (Wildman–Crippen LogP) is 3.73. The lowest BCUT2D eigenvalue weighted by Crippen LogP contribution is -2.38. The summed E-state index contributed by atoms with van der Waals surface area (Å²) in [5.74, 6) is 1.87. The molecular weight excluding hydrogens is 503 g/mol. The molecule has 7 heteroatoms. The van der Waals surface area contributed by atoms with E-state index >= 15 is 0 Å². The fourth-order valence-corrected chi connectivity index (χ4v) is 3.55. The zero-order valence-corrected chi connectivity index (χ0v) is 20.7. The van der Waals surface area contributed by atoms with E-state index in [1.54, 1.807) is 7.11 Å². The van der Waals surface area contributed by atoms with Crippen molar-refractivity contribution in [3.8, 4) is 5.75 Å². The Hall–Kier alpha value is -2.29. The summed E-state index contributed by atoms with van der Waals surface area (Å²) in [7, 11) is 1.67. The molecule has 0 aliphatic carbocycles. The second kappa shape index (κ2) is 13.2. The first-order valence-electron chi connectivity index (χ1n) is 10.7. The van der Waals surface area contributed by atoms with Crippen LogP contribution in [0, 0.1) is 0 Å². The Balaban J connectivity index is 0.00000341. The van der Waals surface area contributed by atoms with Crippen LogP contribution in [0.5, 0.6) is 5.75 Å². The van der Waals surface area contributed by atoms with Gasteiger partial charge in [0.25, 0.3) is 0 Å². The molecule has 0 bridgehead atoms. The molecule has 0 unspecified atom stereocenters. The van der Waals surface area contributed by atoms with Crippen LogP contribution in [-0.4, -0.2) is 43.5 Å². The number of carbonyl (C=O) groups excluding carboxylic acids is 1. The minimum atomic E-state index is 0. The van der Waals surface area contributed by atoms with Gasteiger partial charge in [-0.1, -0.05) is 36.4 Å². The maximum atomic E-state index is 12.5. The van der Waals surface area contributed by atoms with Crippen molar-refractivity contribution >= 4 is 35.8 Å². The Morgan fingerprint density at radius 1 is 1.06 bits per heavy atom. The minimum absolute atomic E-state index is 0. The SMILES string of the molecule is CCNC(=NCCCC(=O)N1Cc2ccccc2C1)NCCc1ccc(OC)cc1.I. The number of methoxy groups -OCH3 is 1. The number of guanidine groups is 1. The maximum Gasteiger partial charge on any atom is 0.223 e. The summed E-state index contributed by atoms with van der Waals surface area (Å²) < 4.78 is 5.19. The molecule has 0 fully saturated rings. The van der Waals surface area contributed by atoms with Gasteiger partial charge in [0.2, 0.25) is 5.91 Å². The van der Waals surface area contributed by atoms with Crippen LogP contribution in [0.25, 0.3) is 0 Å². The van der Waals surface area contributed by atoms with E-state index in [9.17, 15) is 4.79 Å². The van der Waals surface area contributed by atoms with Gasteiger partial charge in [-0.2, -0.15) is 0 Å². The number of hydrogen-bond donors (Lipinski definition) is 2. The van der Waals surface area contributed by atoms with E-state index in [-0.39, 0.29) is 29.9 Å². The fraction of sp³-hybridized carbons (Fsp3) is 0.417. The Kier molecular flexibility index (Phi) is 10.6. The number of ether oxygens (including phenoxy) is 1. The molecule has 0 radical (unpaired) electrons. The highest BCUT2D eigenvalue weighted by atomic mass is 127. The summed E-state index contributed by atoms with van der Waals surface area (Å²) in [4.78, 5) is 19.0. The first-order valence-corrected chi connectivity index (χ1v) is 10.7. The summed E-state index contributed by atoms with van der Waals surface area (Å²) in [6.45, 7) is 5.74. The van der Waals surface area contributed by atoms with Gasteiger partial charge in [0.05, 0.1) is 7.11 Å². The average Bonchev–Trinajstić information content (AvgIpc) is 3.21. The van der Waals surface area contributed by atoms with Crippen LogP contribution in [-0.2, 0) is 24.3 Å². The molecule has 31 heavy (non-hydrogen) atoms. The van der Waals surface area contributed by atoms with Crippen molar-refractivity contribution in [2.75, 3.05) is 26.7 Å². The lowest BCUT2D eigenvalue weighted by Gasteiger charge is -2.15. The van der Waals surface area contributed by atoms with Crippen LogP contribution in [0.15, 0.2) is 53.5 Å². The van der Waals surface area contributed by atoms with Crippen molar-refractivity contribution in [2.24, 2.45) is 4.99 Å². The molecule has 1 amide bonds. The standard InChI is InChI=1S/C24H32N4O2.HI/c1-3-25-24(27-16-14-19-10-12-22(30-2)13-11-19)26-15-6-9-23(29)28-17-20-7-4-5-8-21(20)18-28;/h4-5,7-8,10-13H,3,6,9,14-18H2,1-2H3,(H2,25,26,27);1H. The quantitative estimate of drug-likeness (QED) is 0.222. The fourth-order valence-electron chi connectivity index (χ4n) is 3.55. The number of hydrogen-bond acceptors (Lipinski definition) is 3. The molecule has 2 aromatic carbocycles. The normalized spacial score (nSPS) is 12.7. The van der Waals surface area contributed by atoms with E-state index in [4.69, 9.17) is 4.74 Å². The molecule has 0 atom stereocenters. The minimum Gasteiger partial charge on any atom is -0.497 e. The van der Waals surface area contributed by atoms with Crippen molar-refractivity contribution in [3.05, 3.63) is 65.2 Å². The van der Waals surface area contributed by atoms with E-state index in [1.807, 2.05) is 29.2 Å². The Morgan fingerprint density at radius 2 is 1.74 bits per heavy atom. The molecule has 3 rings (SSSR count). The number of carbonyl (C=O) groups is 1. The Bertz CT molecular complexity index is 830. The van der Waals surface area contributed by atoms with Crippen molar-refractivity contribution in [2.45, 2.75) is 39.3 Å². The van der Waals surface area contributed by atoms with E-state index in [2.05, 4.69) is 46.8 Å². The lowest BCUT2D eigenvalue weighted by atomic mass is 10.1. The number of fused-ring (bicyclic) bond motifs is 1.